The molecule has 1 aromatic heterocycles. The molecule has 0 bridgehead atoms. The van der Waals surface area contributed by atoms with E-state index in [1.165, 1.54) is 5.56 Å². The van der Waals surface area contributed by atoms with Crippen LogP contribution in [0.25, 0.3) is 16.9 Å². The quantitative estimate of drug-likeness (QED) is 0.621. The minimum atomic E-state index is -0.0206. The topological polar surface area (TPSA) is 67.2 Å². The Morgan fingerprint density at radius 3 is 2.30 bits per heavy atom. The largest absolute Gasteiger partial charge is 0.353 e. The normalized spacial score (nSPS) is 16.6. The fourth-order valence-corrected chi connectivity index (χ4v) is 4.42. The molecule has 1 aliphatic carbocycles. The van der Waals surface area contributed by atoms with Crippen LogP contribution in [-0.4, -0.2) is 45.6 Å². The number of carbonyl (C=O) groups excluding carboxylic acids is 2. The highest BCUT2D eigenvalue weighted by atomic mass is 16.2. The number of piperidine rings is 1. The molecule has 2 amide bonds. The zero-order valence-electron chi connectivity index (χ0n) is 19.0. The van der Waals surface area contributed by atoms with E-state index in [4.69, 9.17) is 5.10 Å². The predicted octanol–water partition coefficient (Wildman–Crippen LogP) is 4.23. The maximum absolute atomic E-state index is 13.6. The molecule has 170 valence electrons. The van der Waals surface area contributed by atoms with E-state index >= 15 is 0 Å². The van der Waals surface area contributed by atoms with Crippen LogP contribution in [0.15, 0.2) is 60.8 Å². The van der Waals surface area contributed by atoms with Gasteiger partial charge in [-0.2, -0.15) is 5.10 Å². The van der Waals surface area contributed by atoms with Gasteiger partial charge in [0.05, 0.1) is 11.3 Å². The van der Waals surface area contributed by atoms with E-state index in [-0.39, 0.29) is 17.7 Å². The fraction of sp³-hybridized carbons (Fsp3) is 0.370. The van der Waals surface area contributed by atoms with E-state index in [1.54, 1.807) is 4.68 Å². The van der Waals surface area contributed by atoms with Crippen molar-refractivity contribution in [2.45, 2.75) is 45.1 Å². The van der Waals surface area contributed by atoms with Gasteiger partial charge in [-0.1, -0.05) is 49.4 Å². The maximum atomic E-state index is 13.6. The van der Waals surface area contributed by atoms with Crippen molar-refractivity contribution >= 4 is 11.8 Å². The number of benzene rings is 2. The highest BCUT2D eigenvalue weighted by molar-refractivity contribution is 6.00. The van der Waals surface area contributed by atoms with Crippen LogP contribution in [0, 0.1) is 5.92 Å². The van der Waals surface area contributed by atoms with Gasteiger partial charge < -0.3 is 10.2 Å². The zero-order valence-corrected chi connectivity index (χ0v) is 19.0. The number of aromatic nitrogens is 2. The second-order valence-corrected chi connectivity index (χ2v) is 9.07. The Balaban J connectivity index is 1.39. The van der Waals surface area contributed by atoms with Crippen LogP contribution in [0.4, 0.5) is 0 Å². The zero-order chi connectivity index (χ0) is 22.8. The average Bonchev–Trinajstić information content (AvgIpc) is 3.58. The summed E-state index contributed by atoms with van der Waals surface area (Å²) in [5.41, 5.74) is 4.40. The van der Waals surface area contributed by atoms with Crippen LogP contribution in [0.5, 0.6) is 0 Å². The van der Waals surface area contributed by atoms with Gasteiger partial charge in [-0.05, 0) is 49.8 Å². The Labute approximate surface area is 194 Å². The number of hydrogen-bond donors (Lipinski definition) is 1. The predicted molar refractivity (Wildman–Crippen MR) is 128 cm³/mol. The van der Waals surface area contributed by atoms with E-state index < -0.39 is 0 Å². The third-order valence-corrected chi connectivity index (χ3v) is 6.68. The molecule has 2 aliphatic rings. The molecule has 0 unspecified atom stereocenters. The summed E-state index contributed by atoms with van der Waals surface area (Å²) < 4.78 is 1.78. The molecule has 0 radical (unpaired) electrons. The molecule has 2 heterocycles. The Hall–Kier alpha value is -3.41. The number of rotatable bonds is 6. The van der Waals surface area contributed by atoms with Crippen molar-refractivity contribution in [3.63, 3.8) is 0 Å². The molecule has 3 aromatic rings. The maximum Gasteiger partial charge on any atom is 0.257 e. The SMILES string of the molecule is CCc1ccc(-c2nn(-c3ccccc3)cc2C(=O)N2CCC(C(=O)NC3CC3)CC2)cc1. The minimum absolute atomic E-state index is 0.00255. The summed E-state index contributed by atoms with van der Waals surface area (Å²) in [5, 5.41) is 7.91. The van der Waals surface area contributed by atoms with E-state index in [0.717, 1.165) is 30.5 Å². The molecule has 0 spiro atoms. The van der Waals surface area contributed by atoms with Gasteiger partial charge in [0, 0.05) is 36.8 Å². The summed E-state index contributed by atoms with van der Waals surface area (Å²) in [6.07, 6.45) is 6.41. The molecule has 0 atom stereocenters. The Bertz CT molecular complexity index is 1120. The van der Waals surface area contributed by atoms with Gasteiger partial charge in [0.1, 0.15) is 5.69 Å². The Kier molecular flexibility index (Phi) is 5.99. The smallest absolute Gasteiger partial charge is 0.257 e. The monoisotopic (exact) mass is 442 g/mol. The van der Waals surface area contributed by atoms with Crippen molar-refractivity contribution in [2.24, 2.45) is 5.92 Å². The van der Waals surface area contributed by atoms with Crippen LogP contribution in [-0.2, 0) is 11.2 Å². The number of likely N-dealkylation sites (tertiary alicyclic amines) is 1. The molecular formula is C27H30N4O2. The van der Waals surface area contributed by atoms with Crippen molar-refractivity contribution in [1.82, 2.24) is 20.0 Å². The highest BCUT2D eigenvalue weighted by Crippen LogP contribution is 2.28. The first-order chi connectivity index (χ1) is 16.1. The van der Waals surface area contributed by atoms with Crippen molar-refractivity contribution in [3.05, 3.63) is 71.9 Å². The van der Waals surface area contributed by atoms with Gasteiger partial charge in [-0.25, -0.2) is 4.68 Å². The summed E-state index contributed by atoms with van der Waals surface area (Å²) in [7, 11) is 0. The van der Waals surface area contributed by atoms with Crippen LogP contribution < -0.4 is 5.32 Å². The Morgan fingerprint density at radius 2 is 1.67 bits per heavy atom. The molecule has 1 N–H and O–H groups in total. The first-order valence-electron chi connectivity index (χ1n) is 12.0. The lowest BCUT2D eigenvalue weighted by molar-refractivity contribution is -0.126. The number of nitrogens with one attached hydrogen (secondary N) is 1. The van der Waals surface area contributed by atoms with E-state index in [0.29, 0.717) is 43.2 Å². The van der Waals surface area contributed by atoms with Crippen molar-refractivity contribution in [1.29, 1.82) is 0 Å². The van der Waals surface area contributed by atoms with Gasteiger partial charge in [0.15, 0.2) is 0 Å². The summed E-state index contributed by atoms with van der Waals surface area (Å²) in [4.78, 5) is 27.9. The minimum Gasteiger partial charge on any atom is -0.353 e. The van der Waals surface area contributed by atoms with Crippen LogP contribution >= 0.6 is 0 Å². The molecule has 33 heavy (non-hydrogen) atoms. The summed E-state index contributed by atoms with van der Waals surface area (Å²) in [6, 6.07) is 18.5. The molecule has 1 saturated heterocycles. The summed E-state index contributed by atoms with van der Waals surface area (Å²) >= 11 is 0. The van der Waals surface area contributed by atoms with Gasteiger partial charge in [0.2, 0.25) is 5.91 Å². The number of para-hydroxylation sites is 1. The van der Waals surface area contributed by atoms with Crippen molar-refractivity contribution < 1.29 is 9.59 Å². The van der Waals surface area contributed by atoms with Crippen molar-refractivity contribution in [3.8, 4) is 16.9 Å². The molecule has 1 aliphatic heterocycles. The summed E-state index contributed by atoms with van der Waals surface area (Å²) in [5.74, 6) is 0.133. The third-order valence-electron chi connectivity index (χ3n) is 6.68. The molecular weight excluding hydrogens is 412 g/mol. The molecule has 6 heteroatoms. The molecule has 1 saturated carbocycles. The lowest BCUT2D eigenvalue weighted by Crippen LogP contribution is -2.43. The standard InChI is InChI=1S/C27H30N4O2/c1-2-19-8-10-20(11-9-19)25-24(18-31(29-25)23-6-4-3-5-7-23)27(33)30-16-14-21(15-17-30)26(32)28-22-12-13-22/h3-11,18,21-22H,2,12-17H2,1H3,(H,28,32). The van der Waals surface area contributed by atoms with Crippen LogP contribution in [0.2, 0.25) is 0 Å². The van der Waals surface area contributed by atoms with Crippen LogP contribution in [0.3, 0.4) is 0 Å². The number of carbonyl (C=O) groups is 2. The molecule has 2 aromatic carbocycles. The molecule has 2 fully saturated rings. The van der Waals surface area contributed by atoms with Gasteiger partial charge >= 0.3 is 0 Å². The van der Waals surface area contributed by atoms with E-state index in [9.17, 15) is 9.59 Å². The van der Waals surface area contributed by atoms with Crippen LogP contribution in [0.1, 0.15) is 48.5 Å². The first-order valence-corrected chi connectivity index (χ1v) is 12.0. The number of aryl methyl sites for hydroxylation is 1. The lowest BCUT2D eigenvalue weighted by atomic mass is 9.95. The molecule has 5 rings (SSSR count). The second-order valence-electron chi connectivity index (χ2n) is 9.07. The number of amides is 2. The van der Waals surface area contributed by atoms with E-state index in [1.807, 2.05) is 53.6 Å². The Morgan fingerprint density at radius 1 is 0.970 bits per heavy atom. The molecule has 6 nitrogen and oxygen atoms in total. The summed E-state index contributed by atoms with van der Waals surface area (Å²) in [6.45, 7) is 3.31. The first kappa shape index (κ1) is 21.4. The van der Waals surface area contributed by atoms with E-state index in [2.05, 4.69) is 24.4 Å². The lowest BCUT2D eigenvalue weighted by Gasteiger charge is -2.31. The fourth-order valence-electron chi connectivity index (χ4n) is 4.42. The second kappa shape index (κ2) is 9.22. The number of nitrogens with zero attached hydrogens (tertiary/aromatic N) is 3. The number of hydrogen-bond acceptors (Lipinski definition) is 3. The third kappa shape index (κ3) is 4.70. The highest BCUT2D eigenvalue weighted by Gasteiger charge is 2.32. The van der Waals surface area contributed by atoms with Gasteiger partial charge in [-0.15, -0.1) is 0 Å². The van der Waals surface area contributed by atoms with Gasteiger partial charge in [-0.3, -0.25) is 9.59 Å². The van der Waals surface area contributed by atoms with Crippen molar-refractivity contribution in [2.75, 3.05) is 13.1 Å². The average molecular weight is 443 g/mol. The van der Waals surface area contributed by atoms with Gasteiger partial charge in [0.25, 0.3) is 5.91 Å².